The molecule has 0 saturated heterocycles. The van der Waals surface area contributed by atoms with E-state index in [9.17, 15) is 14.9 Å². The molecule has 0 amide bonds. The lowest BCUT2D eigenvalue weighted by Crippen LogP contribution is -1.96. The zero-order valence-corrected chi connectivity index (χ0v) is 7.40. The van der Waals surface area contributed by atoms with Crippen molar-refractivity contribution >= 4 is 12.0 Å². The van der Waals surface area contributed by atoms with E-state index >= 15 is 0 Å². The number of hydrogen-bond donors (Lipinski definition) is 0. The molecule has 68 valence electrons. The van der Waals surface area contributed by atoms with Gasteiger partial charge in [0.15, 0.2) is 6.29 Å². The fourth-order valence-electron chi connectivity index (χ4n) is 1.18. The Morgan fingerprint density at radius 3 is 2.46 bits per heavy atom. The fourth-order valence-corrected chi connectivity index (χ4v) is 1.18. The maximum Gasteiger partial charge on any atom is 0.273 e. The van der Waals surface area contributed by atoms with Crippen LogP contribution in [0.3, 0.4) is 0 Å². The summed E-state index contributed by atoms with van der Waals surface area (Å²) in [5.74, 6) is 0. The lowest BCUT2D eigenvalue weighted by atomic mass is 10.0. The first kappa shape index (κ1) is 9.38. The lowest BCUT2D eigenvalue weighted by molar-refractivity contribution is -0.385. The topological polar surface area (TPSA) is 60.2 Å². The maximum absolute atomic E-state index is 10.5. The van der Waals surface area contributed by atoms with Crippen LogP contribution >= 0.6 is 0 Å². The second-order valence-corrected chi connectivity index (χ2v) is 2.87. The average molecular weight is 179 g/mol. The summed E-state index contributed by atoms with van der Waals surface area (Å²) >= 11 is 0. The van der Waals surface area contributed by atoms with Gasteiger partial charge in [-0.1, -0.05) is 0 Å². The molecule has 4 nitrogen and oxygen atoms in total. The molecular formula is C9H9NO3. The van der Waals surface area contributed by atoms with Gasteiger partial charge in [0, 0.05) is 17.2 Å². The highest BCUT2D eigenvalue weighted by Crippen LogP contribution is 2.22. The number of carbonyl (C=O) groups excluding carboxylic acids is 1. The molecule has 13 heavy (non-hydrogen) atoms. The van der Waals surface area contributed by atoms with Crippen LogP contribution in [0.5, 0.6) is 0 Å². The molecule has 1 rings (SSSR count). The molecule has 0 aliphatic heterocycles. The van der Waals surface area contributed by atoms with Crippen LogP contribution in [0.15, 0.2) is 12.1 Å². The summed E-state index contributed by atoms with van der Waals surface area (Å²) in [6, 6.07) is 3.09. The molecule has 0 fully saturated rings. The Bertz CT molecular complexity index is 371. The summed E-state index contributed by atoms with van der Waals surface area (Å²) in [5, 5.41) is 10.5. The van der Waals surface area contributed by atoms with Gasteiger partial charge >= 0.3 is 0 Å². The monoisotopic (exact) mass is 179 g/mol. The average Bonchev–Trinajstić information content (AvgIpc) is 2.08. The Kier molecular flexibility index (Phi) is 2.41. The van der Waals surface area contributed by atoms with Crippen LogP contribution in [0.4, 0.5) is 5.69 Å². The van der Waals surface area contributed by atoms with Gasteiger partial charge in [-0.15, -0.1) is 0 Å². The molecule has 1 aromatic rings. The van der Waals surface area contributed by atoms with Crippen molar-refractivity contribution in [3.63, 3.8) is 0 Å². The second-order valence-electron chi connectivity index (χ2n) is 2.87. The minimum absolute atomic E-state index is 0.00194. The molecule has 0 radical (unpaired) electrons. The third kappa shape index (κ3) is 1.72. The number of aryl methyl sites for hydroxylation is 1. The molecular weight excluding hydrogens is 170 g/mol. The zero-order valence-electron chi connectivity index (χ0n) is 7.40. The fraction of sp³-hybridized carbons (Fsp3) is 0.222. The van der Waals surface area contributed by atoms with E-state index in [2.05, 4.69) is 0 Å². The molecule has 0 aromatic heterocycles. The number of benzene rings is 1. The molecule has 0 aliphatic rings. The van der Waals surface area contributed by atoms with Gasteiger partial charge in [0.2, 0.25) is 0 Å². The smallest absolute Gasteiger partial charge is 0.273 e. The number of rotatable bonds is 2. The molecule has 0 bridgehead atoms. The van der Waals surface area contributed by atoms with Gasteiger partial charge in [-0.05, 0) is 25.5 Å². The van der Waals surface area contributed by atoms with Gasteiger partial charge in [0.05, 0.1) is 4.92 Å². The summed E-state index contributed by atoms with van der Waals surface area (Å²) in [7, 11) is 0. The molecule has 0 saturated carbocycles. The highest BCUT2D eigenvalue weighted by atomic mass is 16.6. The summed E-state index contributed by atoms with van der Waals surface area (Å²) in [5.41, 5.74) is 1.53. The third-order valence-electron chi connectivity index (χ3n) is 1.89. The first-order chi connectivity index (χ1) is 6.06. The van der Waals surface area contributed by atoms with Gasteiger partial charge in [-0.3, -0.25) is 14.9 Å². The van der Waals surface area contributed by atoms with Crippen molar-refractivity contribution in [3.05, 3.63) is 38.9 Å². The van der Waals surface area contributed by atoms with E-state index in [4.69, 9.17) is 0 Å². The van der Waals surface area contributed by atoms with Crippen molar-refractivity contribution < 1.29 is 9.72 Å². The van der Waals surface area contributed by atoms with E-state index < -0.39 is 4.92 Å². The van der Waals surface area contributed by atoms with E-state index in [1.54, 1.807) is 19.9 Å². The van der Waals surface area contributed by atoms with Gasteiger partial charge in [0.1, 0.15) is 0 Å². The number of hydrogen-bond acceptors (Lipinski definition) is 3. The Morgan fingerprint density at radius 2 is 2.00 bits per heavy atom. The Balaban J connectivity index is 3.44. The predicted octanol–water partition coefficient (Wildman–Crippen LogP) is 2.02. The molecule has 0 N–H and O–H groups in total. The number of nitro benzene ring substituents is 1. The number of carbonyl (C=O) groups is 1. The highest BCUT2D eigenvalue weighted by molar-refractivity contribution is 5.79. The standard InChI is InChI=1S/C9H9NO3/c1-6-3-8(5-11)7(2)9(4-6)10(12)13/h3-5H,1-2H3. The summed E-state index contributed by atoms with van der Waals surface area (Å²) in [6.07, 6.45) is 0.634. The minimum Gasteiger partial charge on any atom is -0.298 e. The van der Waals surface area contributed by atoms with Gasteiger partial charge in [0.25, 0.3) is 5.69 Å². The van der Waals surface area contributed by atoms with Crippen LogP contribution in [0.25, 0.3) is 0 Å². The molecule has 0 aliphatic carbocycles. The summed E-state index contributed by atoms with van der Waals surface area (Å²) < 4.78 is 0. The summed E-state index contributed by atoms with van der Waals surface area (Å²) in [4.78, 5) is 20.6. The van der Waals surface area contributed by atoms with Crippen LogP contribution in [-0.2, 0) is 0 Å². The third-order valence-corrected chi connectivity index (χ3v) is 1.89. The lowest BCUT2D eigenvalue weighted by Gasteiger charge is -2.01. The van der Waals surface area contributed by atoms with E-state index in [-0.39, 0.29) is 5.69 Å². The van der Waals surface area contributed by atoms with Crippen LogP contribution in [0, 0.1) is 24.0 Å². The quantitative estimate of drug-likeness (QED) is 0.396. The highest BCUT2D eigenvalue weighted by Gasteiger charge is 2.13. The molecule has 4 heteroatoms. The van der Waals surface area contributed by atoms with Gasteiger partial charge in [-0.25, -0.2) is 0 Å². The van der Waals surface area contributed by atoms with Crippen molar-refractivity contribution in [1.82, 2.24) is 0 Å². The minimum atomic E-state index is -0.477. The maximum atomic E-state index is 10.5. The van der Waals surface area contributed by atoms with Gasteiger partial charge < -0.3 is 0 Å². The van der Waals surface area contributed by atoms with Crippen molar-refractivity contribution in [2.45, 2.75) is 13.8 Å². The summed E-state index contributed by atoms with van der Waals surface area (Å²) in [6.45, 7) is 3.29. The first-order valence-corrected chi connectivity index (χ1v) is 3.77. The predicted molar refractivity (Wildman–Crippen MR) is 48.0 cm³/mol. The zero-order chi connectivity index (χ0) is 10.0. The van der Waals surface area contributed by atoms with Gasteiger partial charge in [-0.2, -0.15) is 0 Å². The van der Waals surface area contributed by atoms with Crippen molar-refractivity contribution in [1.29, 1.82) is 0 Å². The van der Waals surface area contributed by atoms with E-state index in [1.165, 1.54) is 6.07 Å². The molecule has 0 atom stereocenters. The van der Waals surface area contributed by atoms with E-state index in [0.29, 0.717) is 17.4 Å². The molecule has 0 unspecified atom stereocenters. The number of nitro groups is 1. The molecule has 0 heterocycles. The Hall–Kier alpha value is -1.71. The SMILES string of the molecule is Cc1cc(C=O)c(C)c([N+](=O)[O-])c1. The van der Waals surface area contributed by atoms with E-state index in [1.807, 2.05) is 0 Å². The first-order valence-electron chi connectivity index (χ1n) is 3.77. The normalized spacial score (nSPS) is 9.69. The van der Waals surface area contributed by atoms with Crippen LogP contribution < -0.4 is 0 Å². The largest absolute Gasteiger partial charge is 0.298 e. The second kappa shape index (κ2) is 3.35. The van der Waals surface area contributed by atoms with E-state index in [0.717, 1.165) is 5.56 Å². The van der Waals surface area contributed by atoms with Crippen molar-refractivity contribution in [2.75, 3.05) is 0 Å². The Labute approximate surface area is 75.3 Å². The molecule has 0 spiro atoms. The number of nitrogens with zero attached hydrogens (tertiary/aromatic N) is 1. The molecule has 1 aromatic carbocycles. The van der Waals surface area contributed by atoms with Crippen LogP contribution in [0.1, 0.15) is 21.5 Å². The van der Waals surface area contributed by atoms with Crippen LogP contribution in [-0.4, -0.2) is 11.2 Å². The van der Waals surface area contributed by atoms with Crippen molar-refractivity contribution in [3.8, 4) is 0 Å². The van der Waals surface area contributed by atoms with Crippen LogP contribution in [0.2, 0.25) is 0 Å². The Morgan fingerprint density at radius 1 is 1.38 bits per heavy atom. The van der Waals surface area contributed by atoms with Crippen molar-refractivity contribution in [2.24, 2.45) is 0 Å². The number of aldehydes is 1.